The van der Waals surface area contributed by atoms with Gasteiger partial charge in [-0.1, -0.05) is 155 Å². The van der Waals surface area contributed by atoms with Gasteiger partial charge >= 0.3 is 6.09 Å². The molecule has 8 atom stereocenters. The minimum Gasteiger partial charge on any atom is -0.444 e. The molecule has 2 aliphatic heterocycles. The van der Waals surface area contributed by atoms with Crippen molar-refractivity contribution in [1.29, 1.82) is 0 Å². The number of carbonyl (C=O) groups is 7. The molecule has 14 rings (SSSR count). The number of hydrogen-bond acceptors (Lipinski definition) is 25. The number of ether oxygens (including phenoxy) is 3. The van der Waals surface area contributed by atoms with Gasteiger partial charge in [-0.3, -0.25) is 38.1 Å². The molecule has 32 nitrogen and oxygen atoms in total. The smallest absolute Gasteiger partial charge is 0.410 e. The zero-order valence-corrected chi connectivity index (χ0v) is 75.5. The predicted octanol–water partition coefficient (Wildman–Crippen LogP) is 13.4. The summed E-state index contributed by atoms with van der Waals surface area (Å²) in [5.74, 6) is -2.93. The highest BCUT2D eigenvalue weighted by Crippen LogP contribution is 2.37. The number of fused-ring (bicyclic) bond motifs is 2. The van der Waals surface area contributed by atoms with Crippen molar-refractivity contribution in [2.24, 2.45) is 11.8 Å². The molecule has 664 valence electrons. The van der Waals surface area contributed by atoms with Crippen LogP contribution in [0.3, 0.4) is 0 Å². The van der Waals surface area contributed by atoms with Crippen molar-refractivity contribution < 1.29 is 47.8 Å². The molecule has 36 heteroatoms. The number of likely N-dealkylation sites (tertiary alicyclic amines) is 2. The Morgan fingerprint density at radius 1 is 0.535 bits per heavy atom. The van der Waals surface area contributed by atoms with Crippen molar-refractivity contribution in [3.8, 4) is 22.5 Å². The molecular formula is C91H104Cl2N22O10S2. The monoisotopic (exact) mass is 1800 g/mol. The molecule has 2 aliphatic rings. The molecule has 6 aromatic heterocycles. The number of aromatic nitrogens is 16. The van der Waals surface area contributed by atoms with Crippen molar-refractivity contribution in [3.63, 3.8) is 0 Å². The Labute approximate surface area is 754 Å². The number of carbonyl (C=O) groups excluding carboxylic acids is 7. The maximum Gasteiger partial charge on any atom is 0.410 e. The summed E-state index contributed by atoms with van der Waals surface area (Å²) < 4.78 is 24.9. The third-order valence-corrected chi connectivity index (χ3v) is 24.9. The van der Waals surface area contributed by atoms with Crippen molar-refractivity contribution in [2.45, 2.75) is 201 Å². The first-order valence-electron chi connectivity index (χ1n) is 42.5. The van der Waals surface area contributed by atoms with E-state index in [-0.39, 0.29) is 79.0 Å². The highest BCUT2D eigenvalue weighted by molar-refractivity contribution is 7.99. The summed E-state index contributed by atoms with van der Waals surface area (Å²) in [5.41, 5.74) is 3.74. The Morgan fingerprint density at radius 2 is 0.953 bits per heavy atom. The van der Waals surface area contributed by atoms with E-state index in [0.717, 1.165) is 68.1 Å². The van der Waals surface area contributed by atoms with E-state index < -0.39 is 47.8 Å². The fourth-order valence-corrected chi connectivity index (χ4v) is 17.1. The van der Waals surface area contributed by atoms with Crippen LogP contribution in [-0.4, -0.2) is 219 Å². The van der Waals surface area contributed by atoms with Crippen molar-refractivity contribution in [3.05, 3.63) is 215 Å². The number of Topliss-reactive ketones (excluding diaryl/α,β-unsaturated/α-hetero) is 2. The Kier molecular flexibility index (Phi) is 32.2. The number of likely N-dealkylation sites (N-methyl/N-ethyl adjacent to an activating group) is 2. The van der Waals surface area contributed by atoms with Gasteiger partial charge in [0.05, 0.1) is 98.3 Å². The van der Waals surface area contributed by atoms with Crippen LogP contribution in [0.25, 0.3) is 44.1 Å². The van der Waals surface area contributed by atoms with Gasteiger partial charge in [-0.05, 0) is 198 Å². The first-order chi connectivity index (χ1) is 61.3. The van der Waals surface area contributed by atoms with Crippen LogP contribution in [0.5, 0.6) is 0 Å². The van der Waals surface area contributed by atoms with Crippen molar-refractivity contribution in [1.82, 2.24) is 111 Å². The summed E-state index contributed by atoms with van der Waals surface area (Å²) in [6.45, 7) is 16.0. The maximum atomic E-state index is 14.7. The number of rotatable bonds is 38. The van der Waals surface area contributed by atoms with Crippen LogP contribution >= 0.6 is 46.7 Å². The normalized spacial score (nSPS) is 15.4. The predicted molar refractivity (Wildman–Crippen MR) is 481 cm³/mol. The molecule has 0 aliphatic carbocycles. The highest BCUT2D eigenvalue weighted by atomic mass is 35.5. The molecule has 8 heterocycles. The summed E-state index contributed by atoms with van der Waals surface area (Å²) >= 11 is 16.0. The fourth-order valence-electron chi connectivity index (χ4n) is 15.1. The minimum absolute atomic E-state index is 0.0265. The van der Waals surface area contributed by atoms with Crippen LogP contribution < -0.4 is 16.0 Å². The second kappa shape index (κ2) is 44.1. The number of nitrogens with one attached hydrogen (secondary N) is 3. The number of amides is 5. The Balaban J connectivity index is 0.000000219. The van der Waals surface area contributed by atoms with E-state index in [1.54, 1.807) is 97.9 Å². The lowest BCUT2D eigenvalue weighted by Crippen LogP contribution is -2.48. The molecule has 2 saturated heterocycles. The van der Waals surface area contributed by atoms with Gasteiger partial charge in [-0.2, -0.15) is 0 Å². The number of nitrogens with zero attached hydrogens (tertiary/aromatic N) is 19. The van der Waals surface area contributed by atoms with Gasteiger partial charge in [-0.25, -0.2) is 24.1 Å². The van der Waals surface area contributed by atoms with Crippen molar-refractivity contribution >= 4 is 110 Å². The molecule has 2 fully saturated rings. The van der Waals surface area contributed by atoms with Gasteiger partial charge in [0.2, 0.25) is 22.1 Å². The number of hydrogen-bond donors (Lipinski definition) is 3. The molecule has 5 amide bonds. The van der Waals surface area contributed by atoms with Crippen LogP contribution in [0, 0.1) is 11.8 Å². The molecule has 0 saturated carbocycles. The molecule has 12 aromatic rings. The topological polar surface area (TPSA) is 367 Å². The largest absolute Gasteiger partial charge is 0.444 e. The molecule has 0 radical (unpaired) electrons. The molecule has 3 N–H and O–H groups in total. The molecule has 2 unspecified atom stereocenters. The van der Waals surface area contributed by atoms with Crippen LogP contribution in [0.1, 0.15) is 132 Å². The number of ketones is 2. The van der Waals surface area contributed by atoms with Gasteiger partial charge in [-0.15, -0.1) is 20.4 Å². The van der Waals surface area contributed by atoms with Gasteiger partial charge in [0, 0.05) is 101 Å². The van der Waals surface area contributed by atoms with E-state index in [4.69, 9.17) is 47.4 Å². The van der Waals surface area contributed by atoms with E-state index in [2.05, 4.69) is 67.6 Å². The van der Waals surface area contributed by atoms with Gasteiger partial charge in [0.25, 0.3) is 11.8 Å². The quantitative estimate of drug-likeness (QED) is 0.0303. The van der Waals surface area contributed by atoms with Gasteiger partial charge in [0.15, 0.2) is 5.78 Å². The molecule has 0 spiro atoms. The van der Waals surface area contributed by atoms with E-state index in [0.29, 0.717) is 114 Å². The zero-order chi connectivity index (χ0) is 89.7. The van der Waals surface area contributed by atoms with Crippen LogP contribution in [0.15, 0.2) is 202 Å². The Hall–Kier alpha value is -11.8. The van der Waals surface area contributed by atoms with E-state index in [9.17, 15) is 33.6 Å². The molecule has 0 bridgehead atoms. The Bertz CT molecular complexity index is 5780. The summed E-state index contributed by atoms with van der Waals surface area (Å²) in [6.07, 6.45) is 5.71. The molecule has 6 aromatic carbocycles. The summed E-state index contributed by atoms with van der Waals surface area (Å²) in [7, 11) is 3.24. The maximum absolute atomic E-state index is 14.7. The number of halogens is 2. The first-order valence-corrected chi connectivity index (χ1v) is 44.9. The van der Waals surface area contributed by atoms with E-state index in [1.165, 1.54) is 35.5 Å². The third kappa shape index (κ3) is 24.7. The summed E-state index contributed by atoms with van der Waals surface area (Å²) in [5, 5.41) is 56.7. The fraction of sp³-hybridized carbons (Fsp3) is 0.396. The lowest BCUT2D eigenvalue weighted by atomic mass is 9.92. The standard InChI is InChI=1S/C48H56ClN11O6S.C43H48ClN11O4S/c1-31(57(6)47(64)66-48(3,4)5)42(61)27-39(45(63)59-25-14-17-35(59)29-60-46(53-54-56-60)67-36-18-8-7-9-19-36)32(2)65-30-34-28-58(55-52-34)24-15-23-50-44(62)41-26-33-16-10-11-20-37(33)43(51-41)38-21-12-13-22-40(38)49;1-28(45-3)39(56)24-36(42(58)54-22-11-14-32(54)26-55-43(49-50-52-55)60-33-15-5-4-6-16-33)29(2)59-27-31-25-53(51-48-31)21-12-20-46-41(57)38-23-30-13-7-8-17-34(30)40(47-38)35-18-9-10-19-37(35)44/h7-13,16,18-22,26,28,31-32,35,39H,14-15,17,23-25,27,29-30H2,1-6H3,(H,50,62);4-10,13,15-19,23,25,28-29,32,36,45H,11-12,14,20-22,24,26-27H2,1-3H3,(H,46,57)/t31-,32?,35-,39-;28-,29?,32-,36-/m00/s1. The van der Waals surface area contributed by atoms with E-state index >= 15 is 0 Å². The lowest BCUT2D eigenvalue weighted by Gasteiger charge is -2.33. The van der Waals surface area contributed by atoms with Crippen LogP contribution in [0.4, 0.5) is 4.79 Å². The van der Waals surface area contributed by atoms with E-state index in [1.807, 2.05) is 168 Å². The third-order valence-electron chi connectivity index (χ3n) is 22.3. The second-order valence-corrected chi connectivity index (χ2v) is 35.3. The van der Waals surface area contributed by atoms with Gasteiger partial charge in [0.1, 0.15) is 34.2 Å². The van der Waals surface area contributed by atoms with Crippen molar-refractivity contribution in [2.75, 3.05) is 40.3 Å². The Morgan fingerprint density at radius 3 is 1.39 bits per heavy atom. The summed E-state index contributed by atoms with van der Waals surface area (Å²) in [6, 6.07) is 52.0. The first kappa shape index (κ1) is 92.9. The minimum atomic E-state index is -0.883. The van der Waals surface area contributed by atoms with Crippen LogP contribution in [-0.2, 0) is 72.8 Å². The molecule has 127 heavy (non-hydrogen) atoms. The number of aryl methyl sites for hydroxylation is 2. The molecular weight excluding hydrogens is 1700 g/mol. The van der Waals surface area contributed by atoms with Gasteiger partial charge < -0.3 is 44.9 Å². The lowest BCUT2D eigenvalue weighted by molar-refractivity contribution is -0.146. The zero-order valence-electron chi connectivity index (χ0n) is 72.3. The average molecular weight is 1800 g/mol. The highest BCUT2D eigenvalue weighted by Gasteiger charge is 2.42. The number of tetrazole rings is 2. The average Bonchev–Trinajstić information content (AvgIpc) is 1.29. The van der Waals surface area contributed by atoms with Crippen LogP contribution in [0.2, 0.25) is 10.0 Å². The SMILES string of the molecule is CC(OCc1cn(CCCNC(=O)c2cc3ccccc3c(-c3ccccc3Cl)n2)nn1)[C@H](CC(=O)[C@H](C)N(C)C(=O)OC(C)(C)C)C(=O)N1CCC[C@H]1Cn1nnnc1Sc1ccccc1.CN[C@@H](C)C(=O)C[C@H](C(=O)N1CCC[C@H]1Cn1nnnc1Sc1ccccc1)C(C)OCc1cn(CCCNC(=O)c2cc3ccccc3c(-c3ccccc3Cl)n2)nn1. The second-order valence-electron chi connectivity index (χ2n) is 32.4. The number of pyridine rings is 2. The number of benzene rings is 6. The summed E-state index contributed by atoms with van der Waals surface area (Å²) in [4.78, 5) is 112.